The fourth-order valence-electron chi connectivity index (χ4n) is 3.25. The van der Waals surface area contributed by atoms with Crippen LogP contribution in [0.1, 0.15) is 34.9 Å². The van der Waals surface area contributed by atoms with E-state index in [9.17, 15) is 0 Å². The van der Waals surface area contributed by atoms with E-state index >= 15 is 0 Å². The molecule has 2 atom stereocenters. The maximum atomic E-state index is 6.18. The Hall–Kier alpha value is -2.53. The number of hydrazone groups is 1. The maximum absolute atomic E-state index is 6.18. The summed E-state index contributed by atoms with van der Waals surface area (Å²) in [5.41, 5.74) is 2.30. The van der Waals surface area contributed by atoms with E-state index in [1.807, 2.05) is 29.3 Å². The molecule has 5 heteroatoms. The predicted octanol–water partition coefficient (Wildman–Crippen LogP) is 4.58. The Morgan fingerprint density at radius 1 is 1.09 bits per heavy atom. The van der Waals surface area contributed by atoms with Crippen LogP contribution in [-0.2, 0) is 0 Å². The van der Waals surface area contributed by atoms with Crippen molar-refractivity contribution in [2.45, 2.75) is 18.7 Å². The topological polar surface area (TPSA) is 38.0 Å². The molecule has 2 aliphatic rings. The highest BCUT2D eigenvalue weighted by atomic mass is 32.1. The van der Waals surface area contributed by atoms with Crippen LogP contribution in [0.25, 0.3) is 0 Å². The van der Waals surface area contributed by atoms with Gasteiger partial charge in [-0.2, -0.15) is 5.10 Å². The SMILES string of the molecule is c1coc([C@H]2Oc3ccccc3[C@@H]3CC(c4cccs4)=NN23)c1. The monoisotopic (exact) mass is 322 g/mol. The zero-order chi connectivity index (χ0) is 15.2. The van der Waals surface area contributed by atoms with E-state index in [0.29, 0.717) is 0 Å². The second-order valence-electron chi connectivity index (χ2n) is 5.65. The molecule has 23 heavy (non-hydrogen) atoms. The molecule has 0 amide bonds. The Balaban J connectivity index is 1.62. The number of fused-ring (bicyclic) bond motifs is 3. The number of nitrogens with zero attached hydrogens (tertiary/aromatic N) is 2. The second-order valence-corrected chi connectivity index (χ2v) is 6.60. The number of para-hydroxylation sites is 1. The van der Waals surface area contributed by atoms with Crippen molar-refractivity contribution in [1.29, 1.82) is 0 Å². The van der Waals surface area contributed by atoms with Gasteiger partial charge >= 0.3 is 0 Å². The lowest BCUT2D eigenvalue weighted by molar-refractivity contribution is -0.0325. The lowest BCUT2D eigenvalue weighted by Gasteiger charge is -2.36. The van der Waals surface area contributed by atoms with Crippen LogP contribution in [0.5, 0.6) is 5.75 Å². The first kappa shape index (κ1) is 13.0. The van der Waals surface area contributed by atoms with Crippen LogP contribution in [0.2, 0.25) is 0 Å². The number of hydrogen-bond donors (Lipinski definition) is 0. The summed E-state index contributed by atoms with van der Waals surface area (Å²) in [5.74, 6) is 1.69. The fraction of sp³-hybridized carbons (Fsp3) is 0.167. The molecule has 114 valence electrons. The van der Waals surface area contributed by atoms with Gasteiger partial charge in [0.2, 0.25) is 6.23 Å². The van der Waals surface area contributed by atoms with Crippen molar-refractivity contribution in [2.24, 2.45) is 5.10 Å². The minimum atomic E-state index is -0.317. The molecular weight excluding hydrogens is 308 g/mol. The number of hydrogen-bond acceptors (Lipinski definition) is 5. The zero-order valence-corrected chi connectivity index (χ0v) is 13.1. The molecular formula is C18H14N2O2S. The van der Waals surface area contributed by atoms with Gasteiger partial charge < -0.3 is 9.15 Å². The summed E-state index contributed by atoms with van der Waals surface area (Å²) in [7, 11) is 0. The first-order valence-electron chi connectivity index (χ1n) is 7.59. The molecule has 0 saturated carbocycles. The fourth-order valence-corrected chi connectivity index (χ4v) is 3.97. The standard InChI is InChI=1S/C18H14N2O2S/c1-2-6-15-12(5-1)14-11-13(17-8-4-10-23-17)19-20(14)18(22-15)16-7-3-9-21-16/h1-10,14,18H,11H2/t14-,18+/m0/s1. The molecule has 0 saturated heterocycles. The Bertz CT molecular complexity index is 855. The zero-order valence-electron chi connectivity index (χ0n) is 12.3. The van der Waals surface area contributed by atoms with Gasteiger partial charge in [-0.15, -0.1) is 11.3 Å². The third-order valence-corrected chi connectivity index (χ3v) is 5.21. The van der Waals surface area contributed by atoms with Gasteiger partial charge in [0, 0.05) is 12.0 Å². The maximum Gasteiger partial charge on any atom is 0.246 e. The Labute approximate surface area is 137 Å². The smallest absolute Gasteiger partial charge is 0.246 e. The summed E-state index contributed by atoms with van der Waals surface area (Å²) in [5, 5.41) is 8.99. The van der Waals surface area contributed by atoms with Crippen LogP contribution in [0, 0.1) is 0 Å². The van der Waals surface area contributed by atoms with Crippen molar-refractivity contribution in [2.75, 3.05) is 0 Å². The largest absolute Gasteiger partial charge is 0.463 e. The van der Waals surface area contributed by atoms with Crippen molar-refractivity contribution in [3.8, 4) is 5.75 Å². The van der Waals surface area contributed by atoms with Crippen molar-refractivity contribution in [3.63, 3.8) is 0 Å². The minimum absolute atomic E-state index is 0.187. The Kier molecular flexibility index (Phi) is 2.81. The highest BCUT2D eigenvalue weighted by molar-refractivity contribution is 7.12. The van der Waals surface area contributed by atoms with E-state index in [1.165, 1.54) is 10.4 Å². The summed E-state index contributed by atoms with van der Waals surface area (Å²) in [6.07, 6.45) is 2.24. The van der Waals surface area contributed by atoms with Gasteiger partial charge in [-0.25, -0.2) is 5.01 Å². The molecule has 2 aromatic heterocycles. The average molecular weight is 322 g/mol. The van der Waals surface area contributed by atoms with Gasteiger partial charge in [0.15, 0.2) is 5.76 Å². The summed E-state index contributed by atoms with van der Waals surface area (Å²) < 4.78 is 11.8. The third kappa shape index (κ3) is 2.00. The Morgan fingerprint density at radius 2 is 2.04 bits per heavy atom. The van der Waals surface area contributed by atoms with Gasteiger partial charge in [-0.05, 0) is 29.6 Å². The van der Waals surface area contributed by atoms with Crippen LogP contribution in [-0.4, -0.2) is 10.7 Å². The van der Waals surface area contributed by atoms with Gasteiger partial charge in [-0.1, -0.05) is 24.3 Å². The number of rotatable bonds is 2. The number of benzene rings is 1. The lowest BCUT2D eigenvalue weighted by Crippen LogP contribution is -2.33. The molecule has 0 unspecified atom stereocenters. The molecule has 2 aliphatic heterocycles. The number of thiophene rings is 1. The number of furan rings is 1. The highest BCUT2D eigenvalue weighted by Crippen LogP contribution is 2.47. The third-order valence-electron chi connectivity index (χ3n) is 4.29. The van der Waals surface area contributed by atoms with Gasteiger partial charge in [0.25, 0.3) is 0 Å². The average Bonchev–Trinajstić information content (AvgIpc) is 3.34. The van der Waals surface area contributed by atoms with Gasteiger partial charge in [0.05, 0.1) is 22.9 Å². The molecule has 0 aliphatic carbocycles. The summed E-state index contributed by atoms with van der Waals surface area (Å²) >= 11 is 1.72. The first-order valence-corrected chi connectivity index (χ1v) is 8.47. The number of ether oxygens (including phenoxy) is 1. The molecule has 0 radical (unpaired) electrons. The van der Waals surface area contributed by atoms with Crippen LogP contribution in [0.4, 0.5) is 0 Å². The molecule has 4 heterocycles. The van der Waals surface area contributed by atoms with Crippen molar-refractivity contribution >= 4 is 17.0 Å². The Morgan fingerprint density at radius 3 is 2.87 bits per heavy atom. The van der Waals surface area contributed by atoms with E-state index in [-0.39, 0.29) is 12.3 Å². The molecule has 5 rings (SSSR count). The van der Waals surface area contributed by atoms with Crippen LogP contribution >= 0.6 is 11.3 Å². The molecule has 0 N–H and O–H groups in total. The molecule has 0 bridgehead atoms. The summed E-state index contributed by atoms with van der Waals surface area (Å²) in [4.78, 5) is 1.22. The first-order chi connectivity index (χ1) is 11.4. The molecule has 4 nitrogen and oxygen atoms in total. The predicted molar refractivity (Wildman–Crippen MR) is 88.6 cm³/mol. The van der Waals surface area contributed by atoms with E-state index < -0.39 is 0 Å². The van der Waals surface area contributed by atoms with E-state index in [0.717, 1.165) is 23.6 Å². The van der Waals surface area contributed by atoms with Crippen LogP contribution in [0.3, 0.4) is 0 Å². The molecule has 0 spiro atoms. The van der Waals surface area contributed by atoms with Gasteiger partial charge in [-0.3, -0.25) is 0 Å². The van der Waals surface area contributed by atoms with Crippen molar-refractivity contribution < 1.29 is 9.15 Å². The molecule has 0 fully saturated rings. The van der Waals surface area contributed by atoms with E-state index in [1.54, 1.807) is 17.6 Å². The van der Waals surface area contributed by atoms with E-state index in [2.05, 4.69) is 29.6 Å². The summed E-state index contributed by atoms with van der Waals surface area (Å²) in [6, 6.07) is 16.4. The highest BCUT2D eigenvalue weighted by Gasteiger charge is 2.42. The van der Waals surface area contributed by atoms with Gasteiger partial charge in [0.1, 0.15) is 5.75 Å². The van der Waals surface area contributed by atoms with E-state index in [4.69, 9.17) is 14.3 Å². The minimum Gasteiger partial charge on any atom is -0.463 e. The second kappa shape index (κ2) is 4.99. The molecule has 3 aromatic rings. The quantitative estimate of drug-likeness (QED) is 0.693. The van der Waals surface area contributed by atoms with Crippen LogP contribution < -0.4 is 4.74 Å². The molecule has 1 aromatic carbocycles. The summed E-state index contributed by atoms with van der Waals surface area (Å²) in [6.45, 7) is 0. The lowest BCUT2D eigenvalue weighted by atomic mass is 9.98. The van der Waals surface area contributed by atoms with Crippen LogP contribution in [0.15, 0.2) is 69.7 Å². The van der Waals surface area contributed by atoms with Crippen molar-refractivity contribution in [1.82, 2.24) is 5.01 Å². The normalized spacial score (nSPS) is 22.3. The van der Waals surface area contributed by atoms with Crippen molar-refractivity contribution in [3.05, 3.63) is 76.4 Å².